The summed E-state index contributed by atoms with van der Waals surface area (Å²) in [5, 5.41) is -0.0508. The zero-order chi connectivity index (χ0) is 14.7. The number of fused-ring (bicyclic) bond motifs is 1. The van der Waals surface area contributed by atoms with Gasteiger partial charge in [-0.25, -0.2) is 4.98 Å². The van der Waals surface area contributed by atoms with Gasteiger partial charge in [-0.3, -0.25) is 0 Å². The van der Waals surface area contributed by atoms with E-state index in [-0.39, 0.29) is 5.38 Å². The number of hydrogen-bond acceptors (Lipinski definition) is 1. The van der Waals surface area contributed by atoms with E-state index >= 15 is 0 Å². The average Bonchev–Trinajstić information content (AvgIpc) is 2.72. The van der Waals surface area contributed by atoms with E-state index in [4.69, 9.17) is 16.6 Å². The highest BCUT2D eigenvalue weighted by Crippen LogP contribution is 2.26. The first-order valence-corrected chi connectivity index (χ1v) is 8.80. The standard InChI is InChI=1S/C16H22ClIN2/c1-11(2)6-4-5-9-20-15-8-7-13(18)10-14(15)19-16(20)12(3)17/h7-8,10-12H,4-6,9H2,1-3H3. The smallest absolute Gasteiger partial charge is 0.127 e. The first-order valence-electron chi connectivity index (χ1n) is 7.28. The van der Waals surface area contributed by atoms with Crippen molar-refractivity contribution in [2.75, 3.05) is 0 Å². The monoisotopic (exact) mass is 404 g/mol. The Bertz CT molecular complexity index is 575. The summed E-state index contributed by atoms with van der Waals surface area (Å²) in [4.78, 5) is 4.71. The highest BCUT2D eigenvalue weighted by atomic mass is 127. The maximum Gasteiger partial charge on any atom is 0.127 e. The predicted molar refractivity (Wildman–Crippen MR) is 95.4 cm³/mol. The van der Waals surface area contributed by atoms with Crippen LogP contribution in [0.25, 0.3) is 11.0 Å². The number of rotatable bonds is 6. The molecule has 1 atom stereocenters. The molecule has 0 fully saturated rings. The van der Waals surface area contributed by atoms with Crippen molar-refractivity contribution in [2.45, 2.75) is 52.0 Å². The van der Waals surface area contributed by atoms with Crippen LogP contribution in [0, 0.1) is 9.49 Å². The van der Waals surface area contributed by atoms with Crippen LogP contribution in [-0.4, -0.2) is 9.55 Å². The van der Waals surface area contributed by atoms with Crippen LogP contribution < -0.4 is 0 Å². The molecule has 0 spiro atoms. The molecule has 0 aliphatic carbocycles. The SMILES string of the molecule is CC(C)CCCCn1c(C(C)Cl)nc2cc(I)ccc21. The zero-order valence-electron chi connectivity index (χ0n) is 12.4. The molecule has 0 saturated heterocycles. The third-order valence-electron chi connectivity index (χ3n) is 3.51. The lowest BCUT2D eigenvalue weighted by atomic mass is 10.1. The molecule has 1 aromatic heterocycles. The fraction of sp³-hybridized carbons (Fsp3) is 0.562. The number of halogens is 2. The third-order valence-corrected chi connectivity index (χ3v) is 4.37. The summed E-state index contributed by atoms with van der Waals surface area (Å²) in [6, 6.07) is 6.43. The van der Waals surface area contributed by atoms with E-state index in [1.807, 2.05) is 6.92 Å². The van der Waals surface area contributed by atoms with Crippen LogP contribution in [0.15, 0.2) is 18.2 Å². The molecule has 110 valence electrons. The van der Waals surface area contributed by atoms with Crippen LogP contribution in [0.2, 0.25) is 0 Å². The van der Waals surface area contributed by atoms with E-state index in [9.17, 15) is 0 Å². The summed E-state index contributed by atoms with van der Waals surface area (Å²) in [7, 11) is 0. The van der Waals surface area contributed by atoms with E-state index in [1.165, 1.54) is 28.3 Å². The Morgan fingerprint density at radius 2 is 2.00 bits per heavy atom. The molecular weight excluding hydrogens is 383 g/mol. The van der Waals surface area contributed by atoms with Crippen molar-refractivity contribution in [3.8, 4) is 0 Å². The van der Waals surface area contributed by atoms with E-state index in [0.717, 1.165) is 23.8 Å². The molecule has 0 radical (unpaired) electrons. The number of benzene rings is 1. The molecule has 1 unspecified atom stereocenters. The highest BCUT2D eigenvalue weighted by molar-refractivity contribution is 14.1. The number of nitrogens with zero attached hydrogens (tertiary/aromatic N) is 2. The van der Waals surface area contributed by atoms with E-state index < -0.39 is 0 Å². The summed E-state index contributed by atoms with van der Waals surface area (Å²) < 4.78 is 3.51. The van der Waals surface area contributed by atoms with Crippen LogP contribution in [0.4, 0.5) is 0 Å². The predicted octanol–water partition coefficient (Wildman–Crippen LogP) is 5.77. The molecule has 4 heteroatoms. The van der Waals surface area contributed by atoms with E-state index in [1.54, 1.807) is 0 Å². The lowest BCUT2D eigenvalue weighted by Gasteiger charge is -2.11. The van der Waals surface area contributed by atoms with Crippen molar-refractivity contribution in [3.63, 3.8) is 0 Å². The van der Waals surface area contributed by atoms with Gasteiger partial charge in [0.2, 0.25) is 0 Å². The fourth-order valence-electron chi connectivity index (χ4n) is 2.48. The number of alkyl halides is 1. The van der Waals surface area contributed by atoms with Crippen LogP contribution in [0.1, 0.15) is 51.2 Å². The Labute approximate surface area is 140 Å². The number of aromatic nitrogens is 2. The molecule has 0 amide bonds. The molecule has 1 aromatic carbocycles. The maximum atomic E-state index is 6.30. The third kappa shape index (κ3) is 3.88. The van der Waals surface area contributed by atoms with Gasteiger partial charge in [0.15, 0.2) is 0 Å². The Morgan fingerprint density at radius 1 is 1.25 bits per heavy atom. The second-order valence-electron chi connectivity index (χ2n) is 5.76. The lowest BCUT2D eigenvalue weighted by molar-refractivity contribution is 0.507. The molecule has 0 N–H and O–H groups in total. The molecule has 2 aromatic rings. The summed E-state index contributed by atoms with van der Waals surface area (Å²) in [5.41, 5.74) is 2.26. The average molecular weight is 405 g/mol. The summed E-state index contributed by atoms with van der Waals surface area (Å²) >= 11 is 8.62. The number of aryl methyl sites for hydroxylation is 1. The van der Waals surface area contributed by atoms with Gasteiger partial charge in [-0.1, -0.05) is 26.7 Å². The second-order valence-corrected chi connectivity index (χ2v) is 7.66. The topological polar surface area (TPSA) is 17.8 Å². The van der Waals surface area contributed by atoms with Crippen molar-refractivity contribution < 1.29 is 0 Å². The molecule has 0 aliphatic heterocycles. The molecule has 0 bridgehead atoms. The zero-order valence-corrected chi connectivity index (χ0v) is 15.3. The van der Waals surface area contributed by atoms with Crippen LogP contribution in [-0.2, 0) is 6.54 Å². The molecule has 0 aliphatic rings. The highest BCUT2D eigenvalue weighted by Gasteiger charge is 2.14. The largest absolute Gasteiger partial charge is 0.327 e. The van der Waals surface area contributed by atoms with E-state index in [0.29, 0.717) is 0 Å². The maximum absolute atomic E-state index is 6.30. The van der Waals surface area contributed by atoms with Crippen LogP contribution in [0.5, 0.6) is 0 Å². The second kappa shape index (κ2) is 7.12. The van der Waals surface area contributed by atoms with Gasteiger partial charge in [0.25, 0.3) is 0 Å². The van der Waals surface area contributed by atoms with Gasteiger partial charge in [0, 0.05) is 10.1 Å². The Morgan fingerprint density at radius 3 is 2.65 bits per heavy atom. The Kier molecular flexibility index (Phi) is 5.73. The minimum absolute atomic E-state index is 0.0508. The van der Waals surface area contributed by atoms with Gasteiger partial charge in [-0.15, -0.1) is 11.6 Å². The van der Waals surface area contributed by atoms with Crippen molar-refractivity contribution in [1.82, 2.24) is 9.55 Å². The minimum atomic E-state index is -0.0508. The Balaban J connectivity index is 2.22. The van der Waals surface area contributed by atoms with Gasteiger partial charge in [0.1, 0.15) is 5.82 Å². The lowest BCUT2D eigenvalue weighted by Crippen LogP contribution is -2.05. The Hall–Kier alpha value is -0.290. The molecule has 2 nitrogen and oxygen atoms in total. The molecule has 2 rings (SSSR count). The van der Waals surface area contributed by atoms with Gasteiger partial charge >= 0.3 is 0 Å². The van der Waals surface area contributed by atoms with Crippen molar-refractivity contribution in [2.24, 2.45) is 5.92 Å². The first kappa shape index (κ1) is 16.1. The van der Waals surface area contributed by atoms with E-state index in [2.05, 4.69) is 59.2 Å². The van der Waals surface area contributed by atoms with Gasteiger partial charge in [-0.2, -0.15) is 0 Å². The molecular formula is C16H22ClIN2. The van der Waals surface area contributed by atoms with Crippen molar-refractivity contribution in [3.05, 3.63) is 27.6 Å². The molecule has 1 heterocycles. The summed E-state index contributed by atoms with van der Waals surface area (Å²) in [5.74, 6) is 1.77. The van der Waals surface area contributed by atoms with Gasteiger partial charge < -0.3 is 4.57 Å². The van der Waals surface area contributed by atoms with Crippen LogP contribution >= 0.6 is 34.2 Å². The number of imidazole rings is 1. The molecule has 0 saturated carbocycles. The fourth-order valence-corrected chi connectivity index (χ4v) is 3.12. The van der Waals surface area contributed by atoms with Gasteiger partial charge in [0.05, 0.1) is 16.4 Å². The minimum Gasteiger partial charge on any atom is -0.327 e. The first-order chi connectivity index (χ1) is 9.49. The van der Waals surface area contributed by atoms with Gasteiger partial charge in [-0.05, 0) is 60.1 Å². The quantitative estimate of drug-likeness (QED) is 0.340. The van der Waals surface area contributed by atoms with Crippen molar-refractivity contribution >= 4 is 45.2 Å². The number of unbranched alkanes of at least 4 members (excludes halogenated alkanes) is 1. The molecule has 20 heavy (non-hydrogen) atoms. The van der Waals surface area contributed by atoms with Crippen molar-refractivity contribution in [1.29, 1.82) is 0 Å². The number of hydrogen-bond donors (Lipinski definition) is 0. The van der Waals surface area contributed by atoms with Crippen LogP contribution in [0.3, 0.4) is 0 Å². The summed E-state index contributed by atoms with van der Waals surface area (Å²) in [6.07, 6.45) is 3.74. The normalized spacial score (nSPS) is 13.3. The summed E-state index contributed by atoms with van der Waals surface area (Å²) in [6.45, 7) is 7.57.